The lowest BCUT2D eigenvalue weighted by molar-refractivity contribution is -0.384. The number of nitro groups is 1. The molecule has 1 aromatic rings. The number of rotatable bonds is 3. The number of imide groups is 1. The van der Waals surface area contributed by atoms with Gasteiger partial charge in [-0.15, -0.1) is 0 Å². The van der Waals surface area contributed by atoms with Crippen molar-refractivity contribution in [1.82, 2.24) is 10.3 Å². The standard InChI is InChI=1S/C11H9N5O4/c12-4-6-3-8(16(19)20)10(13-5-6)14-7-1-2-9(17)15-11(7)18/h3,5,7H,1-2H2,(H,13,14)(H,15,17,18). The average molecular weight is 275 g/mol. The number of nitriles is 1. The van der Waals surface area contributed by atoms with E-state index >= 15 is 0 Å². The molecule has 0 aromatic carbocycles. The van der Waals surface area contributed by atoms with Crippen molar-refractivity contribution >= 4 is 23.3 Å². The molecule has 0 aliphatic carbocycles. The first-order valence-corrected chi connectivity index (χ1v) is 5.66. The zero-order valence-corrected chi connectivity index (χ0v) is 10.1. The summed E-state index contributed by atoms with van der Waals surface area (Å²) in [4.78, 5) is 36.6. The fourth-order valence-corrected chi connectivity index (χ4v) is 1.76. The Kier molecular flexibility index (Phi) is 3.56. The largest absolute Gasteiger partial charge is 0.353 e. The molecule has 0 radical (unpaired) electrons. The Bertz CT molecular complexity index is 636. The van der Waals surface area contributed by atoms with Gasteiger partial charge in [0.15, 0.2) is 0 Å². The molecule has 1 aromatic heterocycles. The molecule has 0 spiro atoms. The van der Waals surface area contributed by atoms with Crippen molar-refractivity contribution in [3.05, 3.63) is 27.9 Å². The Morgan fingerprint density at radius 2 is 2.30 bits per heavy atom. The van der Waals surface area contributed by atoms with Crippen LogP contribution in [0.5, 0.6) is 0 Å². The van der Waals surface area contributed by atoms with Crippen LogP contribution in [0.25, 0.3) is 0 Å². The minimum atomic E-state index is -0.771. The van der Waals surface area contributed by atoms with Gasteiger partial charge in [0, 0.05) is 18.7 Å². The quantitative estimate of drug-likeness (QED) is 0.452. The molecule has 1 aliphatic heterocycles. The predicted octanol–water partition coefficient (Wildman–Crippen LogP) is 0.0786. The number of piperidine rings is 1. The predicted molar refractivity (Wildman–Crippen MR) is 65.4 cm³/mol. The van der Waals surface area contributed by atoms with Crippen LogP contribution >= 0.6 is 0 Å². The highest BCUT2D eigenvalue weighted by molar-refractivity contribution is 6.01. The van der Waals surface area contributed by atoms with Gasteiger partial charge in [-0.25, -0.2) is 4.98 Å². The van der Waals surface area contributed by atoms with Gasteiger partial charge in [0.2, 0.25) is 17.6 Å². The average Bonchev–Trinajstić information content (AvgIpc) is 2.42. The lowest BCUT2D eigenvalue weighted by Gasteiger charge is -2.21. The van der Waals surface area contributed by atoms with Gasteiger partial charge in [-0.2, -0.15) is 5.26 Å². The Morgan fingerprint density at radius 3 is 2.90 bits per heavy atom. The molecule has 20 heavy (non-hydrogen) atoms. The highest BCUT2D eigenvalue weighted by Crippen LogP contribution is 2.24. The van der Waals surface area contributed by atoms with Gasteiger partial charge in [0.25, 0.3) is 0 Å². The van der Waals surface area contributed by atoms with E-state index in [1.165, 1.54) is 6.20 Å². The van der Waals surface area contributed by atoms with Gasteiger partial charge >= 0.3 is 5.69 Å². The maximum atomic E-state index is 11.6. The smallest absolute Gasteiger partial charge is 0.312 e. The Hall–Kier alpha value is -3.02. The van der Waals surface area contributed by atoms with E-state index in [2.05, 4.69) is 15.6 Å². The minimum absolute atomic E-state index is 0.0468. The summed E-state index contributed by atoms with van der Waals surface area (Å²) in [5.41, 5.74) is -0.348. The summed E-state index contributed by atoms with van der Waals surface area (Å²) < 4.78 is 0. The molecule has 2 rings (SSSR count). The van der Waals surface area contributed by atoms with Gasteiger partial charge < -0.3 is 5.32 Å². The minimum Gasteiger partial charge on any atom is -0.353 e. The van der Waals surface area contributed by atoms with Crippen molar-refractivity contribution in [2.24, 2.45) is 0 Å². The number of pyridine rings is 1. The summed E-state index contributed by atoms with van der Waals surface area (Å²) in [6.07, 6.45) is 1.54. The maximum Gasteiger partial charge on any atom is 0.312 e. The molecule has 1 aliphatic rings. The number of amides is 2. The van der Waals surface area contributed by atoms with E-state index in [0.29, 0.717) is 0 Å². The van der Waals surface area contributed by atoms with Crippen LogP contribution in [0.2, 0.25) is 0 Å². The maximum absolute atomic E-state index is 11.6. The summed E-state index contributed by atoms with van der Waals surface area (Å²) >= 11 is 0. The molecule has 9 heteroatoms. The highest BCUT2D eigenvalue weighted by atomic mass is 16.6. The third kappa shape index (κ3) is 2.69. The summed E-state index contributed by atoms with van der Waals surface area (Å²) in [6, 6.07) is 2.05. The van der Waals surface area contributed by atoms with Crippen molar-refractivity contribution in [2.45, 2.75) is 18.9 Å². The monoisotopic (exact) mass is 275 g/mol. The number of nitrogens with zero attached hydrogens (tertiary/aromatic N) is 3. The van der Waals surface area contributed by atoms with Crippen LogP contribution in [-0.4, -0.2) is 27.8 Å². The molecule has 1 fully saturated rings. The Balaban J connectivity index is 2.25. The van der Waals surface area contributed by atoms with Crippen LogP contribution < -0.4 is 10.6 Å². The van der Waals surface area contributed by atoms with E-state index in [0.717, 1.165) is 6.07 Å². The van der Waals surface area contributed by atoms with Crippen LogP contribution in [0.3, 0.4) is 0 Å². The molecular formula is C11H9N5O4. The van der Waals surface area contributed by atoms with Crippen LogP contribution in [0, 0.1) is 21.4 Å². The third-order valence-corrected chi connectivity index (χ3v) is 2.74. The summed E-state index contributed by atoms with van der Waals surface area (Å²) in [5, 5.41) is 24.4. The van der Waals surface area contributed by atoms with Crippen molar-refractivity contribution in [3.8, 4) is 6.07 Å². The van der Waals surface area contributed by atoms with Crippen molar-refractivity contribution in [3.63, 3.8) is 0 Å². The first-order chi connectivity index (χ1) is 9.51. The molecule has 9 nitrogen and oxygen atoms in total. The number of nitrogens with one attached hydrogen (secondary N) is 2. The summed E-state index contributed by atoms with van der Waals surface area (Å²) in [6.45, 7) is 0. The lowest BCUT2D eigenvalue weighted by Crippen LogP contribution is -2.47. The van der Waals surface area contributed by atoms with E-state index in [9.17, 15) is 19.7 Å². The number of carbonyl (C=O) groups excluding carboxylic acids is 2. The van der Waals surface area contributed by atoms with Crippen LogP contribution in [0.1, 0.15) is 18.4 Å². The molecule has 1 atom stereocenters. The second-order valence-corrected chi connectivity index (χ2v) is 4.11. The van der Waals surface area contributed by atoms with Crippen LogP contribution in [0.4, 0.5) is 11.5 Å². The van der Waals surface area contributed by atoms with Gasteiger partial charge in [-0.05, 0) is 6.42 Å². The number of anilines is 1. The molecule has 1 unspecified atom stereocenters. The first-order valence-electron chi connectivity index (χ1n) is 5.66. The topological polar surface area (TPSA) is 138 Å². The van der Waals surface area contributed by atoms with E-state index in [1.54, 1.807) is 6.07 Å². The number of hydrogen-bond acceptors (Lipinski definition) is 7. The summed E-state index contributed by atoms with van der Waals surface area (Å²) in [5.74, 6) is -1.04. The van der Waals surface area contributed by atoms with Crippen molar-refractivity contribution < 1.29 is 14.5 Å². The molecule has 102 valence electrons. The van der Waals surface area contributed by atoms with E-state index in [1.807, 2.05) is 0 Å². The zero-order valence-electron chi connectivity index (χ0n) is 10.1. The summed E-state index contributed by atoms with van der Waals surface area (Å²) in [7, 11) is 0. The SMILES string of the molecule is N#Cc1cnc(NC2CCC(=O)NC2=O)c([N+](=O)[O-])c1. The Labute approximate surface area is 112 Å². The number of aromatic nitrogens is 1. The van der Waals surface area contributed by atoms with Crippen LogP contribution in [-0.2, 0) is 9.59 Å². The third-order valence-electron chi connectivity index (χ3n) is 2.74. The highest BCUT2D eigenvalue weighted by Gasteiger charge is 2.29. The normalized spacial score (nSPS) is 18.1. The number of hydrogen-bond donors (Lipinski definition) is 2. The van der Waals surface area contributed by atoms with Crippen LogP contribution in [0.15, 0.2) is 12.3 Å². The molecular weight excluding hydrogens is 266 g/mol. The van der Waals surface area contributed by atoms with E-state index < -0.39 is 22.6 Å². The lowest BCUT2D eigenvalue weighted by atomic mass is 10.1. The van der Waals surface area contributed by atoms with Gasteiger partial charge in [0.1, 0.15) is 12.1 Å². The molecule has 2 N–H and O–H groups in total. The van der Waals surface area contributed by atoms with E-state index in [-0.39, 0.29) is 30.1 Å². The fraction of sp³-hybridized carbons (Fsp3) is 0.273. The van der Waals surface area contributed by atoms with Gasteiger partial charge in [0.05, 0.1) is 10.5 Å². The Morgan fingerprint density at radius 1 is 1.55 bits per heavy atom. The van der Waals surface area contributed by atoms with Crippen molar-refractivity contribution in [2.75, 3.05) is 5.32 Å². The molecule has 0 bridgehead atoms. The molecule has 2 amide bonds. The molecule has 0 saturated carbocycles. The fourth-order valence-electron chi connectivity index (χ4n) is 1.76. The van der Waals surface area contributed by atoms with Crippen molar-refractivity contribution in [1.29, 1.82) is 5.26 Å². The number of carbonyl (C=O) groups is 2. The first kappa shape index (κ1) is 13.4. The van der Waals surface area contributed by atoms with Gasteiger partial charge in [-0.1, -0.05) is 0 Å². The molecule has 2 heterocycles. The molecule has 1 saturated heterocycles. The van der Waals surface area contributed by atoms with E-state index in [4.69, 9.17) is 5.26 Å². The second-order valence-electron chi connectivity index (χ2n) is 4.11. The zero-order chi connectivity index (χ0) is 14.7. The second kappa shape index (κ2) is 5.31. The van der Waals surface area contributed by atoms with Gasteiger partial charge in [-0.3, -0.25) is 25.0 Å².